The zero-order chi connectivity index (χ0) is 18.0. The van der Waals surface area contributed by atoms with E-state index in [9.17, 15) is 18.0 Å². The maximum Gasteiger partial charge on any atom is 0.269 e. The Hall–Kier alpha value is -1.89. The lowest BCUT2D eigenvalue weighted by Gasteiger charge is -2.19. The van der Waals surface area contributed by atoms with Gasteiger partial charge in [-0.25, -0.2) is 8.42 Å². The molecule has 1 aliphatic heterocycles. The summed E-state index contributed by atoms with van der Waals surface area (Å²) in [4.78, 5) is 23.8. The maximum absolute atomic E-state index is 12.0. The largest absolute Gasteiger partial charge is 0.273 e. The number of nitrogens with one attached hydrogen (secondary N) is 2. The third kappa shape index (κ3) is 5.06. The molecule has 1 atom stereocenters. The number of carbonyl (C=O) groups is 2. The van der Waals surface area contributed by atoms with Gasteiger partial charge in [0.05, 0.1) is 11.5 Å². The molecule has 6 nitrogen and oxygen atoms in total. The summed E-state index contributed by atoms with van der Waals surface area (Å²) >= 11 is 0. The molecule has 0 aliphatic carbocycles. The van der Waals surface area contributed by atoms with E-state index in [1.165, 1.54) is 0 Å². The van der Waals surface area contributed by atoms with Crippen LogP contribution in [0.1, 0.15) is 49.5 Å². The minimum Gasteiger partial charge on any atom is -0.273 e. The van der Waals surface area contributed by atoms with E-state index in [1.54, 1.807) is 12.1 Å². The second-order valence-electron chi connectivity index (χ2n) is 7.30. The number of hydrogen-bond donors (Lipinski definition) is 2. The quantitative estimate of drug-likeness (QED) is 0.808. The van der Waals surface area contributed by atoms with Crippen molar-refractivity contribution in [2.75, 3.05) is 11.5 Å². The number of carbonyl (C=O) groups excluding carboxylic acids is 2. The molecule has 2 amide bonds. The summed E-state index contributed by atoms with van der Waals surface area (Å²) in [5.41, 5.74) is 6.28. The molecule has 2 N–H and O–H groups in total. The first-order valence-electron chi connectivity index (χ1n) is 7.97. The fourth-order valence-corrected chi connectivity index (χ4v) is 4.53. The van der Waals surface area contributed by atoms with E-state index >= 15 is 0 Å². The highest BCUT2D eigenvalue weighted by Crippen LogP contribution is 2.22. The van der Waals surface area contributed by atoms with E-state index < -0.39 is 15.7 Å². The van der Waals surface area contributed by atoms with Gasteiger partial charge in [-0.3, -0.25) is 20.4 Å². The molecule has 1 unspecified atom stereocenters. The summed E-state index contributed by atoms with van der Waals surface area (Å²) in [6.07, 6.45) is 0.598. The van der Waals surface area contributed by atoms with Gasteiger partial charge in [-0.05, 0) is 35.4 Å². The normalized spacial score (nSPS) is 19.7. The van der Waals surface area contributed by atoms with Gasteiger partial charge in [0, 0.05) is 12.0 Å². The molecule has 24 heavy (non-hydrogen) atoms. The third-order valence-corrected chi connectivity index (χ3v) is 5.97. The van der Waals surface area contributed by atoms with Gasteiger partial charge in [0.2, 0.25) is 5.91 Å². The lowest BCUT2D eigenvalue weighted by Crippen LogP contribution is -2.42. The van der Waals surface area contributed by atoms with Crippen LogP contribution in [0.25, 0.3) is 0 Å². The van der Waals surface area contributed by atoms with Gasteiger partial charge in [-0.2, -0.15) is 0 Å². The van der Waals surface area contributed by atoms with Gasteiger partial charge in [-0.15, -0.1) is 0 Å². The van der Waals surface area contributed by atoms with Crippen LogP contribution >= 0.6 is 0 Å². The molecule has 1 aromatic rings. The van der Waals surface area contributed by atoms with Gasteiger partial charge in [0.15, 0.2) is 9.84 Å². The van der Waals surface area contributed by atoms with Crippen LogP contribution in [0.3, 0.4) is 0 Å². The van der Waals surface area contributed by atoms with Crippen molar-refractivity contribution in [3.8, 4) is 0 Å². The minimum absolute atomic E-state index is 0.00480. The van der Waals surface area contributed by atoms with Gasteiger partial charge in [-0.1, -0.05) is 32.9 Å². The Morgan fingerprint density at radius 1 is 1.12 bits per heavy atom. The molecule has 0 spiro atoms. The predicted molar refractivity (Wildman–Crippen MR) is 92.1 cm³/mol. The first kappa shape index (κ1) is 18.4. The monoisotopic (exact) mass is 352 g/mol. The average molecular weight is 352 g/mol. The minimum atomic E-state index is -3.00. The van der Waals surface area contributed by atoms with Crippen molar-refractivity contribution in [2.24, 2.45) is 5.92 Å². The molecule has 2 rings (SSSR count). The smallest absolute Gasteiger partial charge is 0.269 e. The van der Waals surface area contributed by atoms with Gasteiger partial charge < -0.3 is 0 Å². The van der Waals surface area contributed by atoms with Crippen molar-refractivity contribution in [2.45, 2.75) is 39.0 Å². The molecule has 7 heteroatoms. The lowest BCUT2D eigenvalue weighted by atomic mass is 9.87. The topological polar surface area (TPSA) is 92.3 Å². The number of amides is 2. The van der Waals surface area contributed by atoms with E-state index in [-0.39, 0.29) is 35.2 Å². The van der Waals surface area contributed by atoms with Crippen LogP contribution in [0.2, 0.25) is 0 Å². The molecular formula is C17H24N2O4S. The second-order valence-corrected chi connectivity index (χ2v) is 9.53. The molecule has 0 aromatic heterocycles. The number of rotatable bonds is 3. The highest BCUT2D eigenvalue weighted by atomic mass is 32.2. The summed E-state index contributed by atoms with van der Waals surface area (Å²) in [6, 6.07) is 7.21. The highest BCUT2D eigenvalue weighted by Gasteiger charge is 2.29. The second kappa shape index (κ2) is 6.93. The van der Waals surface area contributed by atoms with Crippen molar-refractivity contribution in [3.63, 3.8) is 0 Å². The zero-order valence-corrected chi connectivity index (χ0v) is 15.1. The van der Waals surface area contributed by atoms with Gasteiger partial charge in [0.1, 0.15) is 0 Å². The Kier molecular flexibility index (Phi) is 5.32. The van der Waals surface area contributed by atoms with Crippen LogP contribution in [0, 0.1) is 5.92 Å². The molecule has 132 valence electrons. The van der Waals surface area contributed by atoms with Crippen LogP contribution in [0.4, 0.5) is 0 Å². The van der Waals surface area contributed by atoms with E-state index in [0.717, 1.165) is 5.56 Å². The Morgan fingerprint density at radius 3 is 2.25 bits per heavy atom. The first-order valence-corrected chi connectivity index (χ1v) is 9.79. The molecule has 0 radical (unpaired) electrons. The summed E-state index contributed by atoms with van der Waals surface area (Å²) in [7, 11) is -3.00. The SMILES string of the molecule is CC(C)(C)c1ccc(C(=O)NNC(=O)CC2CCS(=O)(=O)C2)cc1. The number of hydrazine groups is 1. The van der Waals surface area contributed by atoms with E-state index in [1.807, 2.05) is 12.1 Å². The van der Waals surface area contributed by atoms with Gasteiger partial charge >= 0.3 is 0 Å². The molecular weight excluding hydrogens is 328 g/mol. The molecule has 1 heterocycles. The predicted octanol–water partition coefficient (Wildman–Crippen LogP) is 1.57. The van der Waals surface area contributed by atoms with Crippen LogP contribution in [-0.4, -0.2) is 31.7 Å². The van der Waals surface area contributed by atoms with E-state index in [2.05, 4.69) is 31.6 Å². The zero-order valence-electron chi connectivity index (χ0n) is 14.3. The molecule has 0 saturated carbocycles. The summed E-state index contributed by atoms with van der Waals surface area (Å²) in [5.74, 6) is -0.766. The Labute approximate surface area is 142 Å². The first-order chi connectivity index (χ1) is 11.1. The van der Waals surface area contributed by atoms with Crippen molar-refractivity contribution < 1.29 is 18.0 Å². The van der Waals surface area contributed by atoms with Crippen molar-refractivity contribution in [1.82, 2.24) is 10.9 Å². The van der Waals surface area contributed by atoms with Gasteiger partial charge in [0.25, 0.3) is 5.91 Å². The highest BCUT2D eigenvalue weighted by molar-refractivity contribution is 7.91. The van der Waals surface area contributed by atoms with E-state index in [4.69, 9.17) is 0 Å². The summed E-state index contributed by atoms with van der Waals surface area (Å²) in [5, 5.41) is 0. The summed E-state index contributed by atoms with van der Waals surface area (Å²) in [6.45, 7) is 6.27. The summed E-state index contributed by atoms with van der Waals surface area (Å²) < 4.78 is 22.7. The standard InChI is InChI=1S/C17H24N2O4S/c1-17(2,3)14-6-4-13(5-7-14)16(21)19-18-15(20)10-12-8-9-24(22,23)11-12/h4-7,12H,8-11H2,1-3H3,(H,18,20)(H,19,21). The number of hydrogen-bond acceptors (Lipinski definition) is 4. The number of sulfone groups is 1. The third-order valence-electron chi connectivity index (χ3n) is 4.13. The van der Waals surface area contributed by atoms with Crippen LogP contribution in [-0.2, 0) is 20.0 Å². The Balaban J connectivity index is 1.83. The lowest BCUT2D eigenvalue weighted by molar-refractivity contribution is -0.122. The molecule has 1 aliphatic rings. The maximum atomic E-state index is 12.0. The Morgan fingerprint density at radius 2 is 1.75 bits per heavy atom. The average Bonchev–Trinajstić information content (AvgIpc) is 2.83. The molecule has 1 fully saturated rings. The van der Waals surface area contributed by atoms with Crippen molar-refractivity contribution in [1.29, 1.82) is 0 Å². The molecule has 1 saturated heterocycles. The number of benzene rings is 1. The van der Waals surface area contributed by atoms with E-state index in [0.29, 0.717) is 12.0 Å². The Bertz CT molecular complexity index is 718. The van der Waals surface area contributed by atoms with Crippen LogP contribution < -0.4 is 10.9 Å². The molecule has 0 bridgehead atoms. The molecule has 1 aromatic carbocycles. The van der Waals surface area contributed by atoms with Crippen LogP contribution in [0.5, 0.6) is 0 Å². The van der Waals surface area contributed by atoms with Crippen LogP contribution in [0.15, 0.2) is 24.3 Å². The fraction of sp³-hybridized carbons (Fsp3) is 0.529. The fourth-order valence-electron chi connectivity index (χ4n) is 2.67. The van der Waals surface area contributed by atoms with Crippen molar-refractivity contribution in [3.05, 3.63) is 35.4 Å². The van der Waals surface area contributed by atoms with Crippen molar-refractivity contribution >= 4 is 21.7 Å².